The van der Waals surface area contributed by atoms with Crippen LogP contribution in [0.25, 0.3) is 11.6 Å². The number of anilines is 1. The number of fused-ring (bicyclic) bond motifs is 1. The van der Waals surface area contributed by atoms with E-state index in [0.29, 0.717) is 11.7 Å². The van der Waals surface area contributed by atoms with Gasteiger partial charge in [0, 0.05) is 23.0 Å². The molecule has 112 valence electrons. The number of benzene rings is 2. The molecule has 1 aliphatic heterocycles. The smallest absolute Gasteiger partial charge is 0.256 e. The average Bonchev–Trinajstić information content (AvgIpc) is 2.76. The van der Waals surface area contributed by atoms with Gasteiger partial charge < -0.3 is 9.88 Å². The molecule has 3 rings (SSSR count). The Hall–Kier alpha value is -2.12. The first kappa shape index (κ1) is 14.8. The molecule has 4 heteroatoms. The zero-order valence-corrected chi connectivity index (χ0v) is 13.6. The van der Waals surface area contributed by atoms with Crippen LogP contribution >= 0.6 is 7.14 Å². The van der Waals surface area contributed by atoms with Gasteiger partial charge in [0.2, 0.25) is 0 Å². The van der Waals surface area contributed by atoms with Crippen molar-refractivity contribution in [1.29, 1.82) is 0 Å². The molecule has 0 bridgehead atoms. The molecule has 0 saturated heterocycles. The fourth-order valence-corrected chi connectivity index (χ4v) is 3.70. The maximum atomic E-state index is 12.1. The molecule has 3 nitrogen and oxygen atoms in total. The lowest BCUT2D eigenvalue weighted by Crippen LogP contribution is -2.03. The maximum Gasteiger partial charge on any atom is 0.256 e. The lowest BCUT2D eigenvalue weighted by Gasteiger charge is -2.06. The fraction of sp³-hybridized carbons (Fsp3) is 0.167. The van der Waals surface area contributed by atoms with Crippen molar-refractivity contribution in [2.45, 2.75) is 6.16 Å². The van der Waals surface area contributed by atoms with Crippen LogP contribution in [0.3, 0.4) is 0 Å². The minimum absolute atomic E-state index is 0.0723. The maximum absolute atomic E-state index is 12.1. The van der Waals surface area contributed by atoms with E-state index in [1.807, 2.05) is 54.6 Å². The molecule has 22 heavy (non-hydrogen) atoms. The monoisotopic (exact) mass is 311 g/mol. The Morgan fingerprint density at radius 1 is 1.05 bits per heavy atom. The summed E-state index contributed by atoms with van der Waals surface area (Å²) in [5.74, 6) is -0.0723. The lowest BCUT2D eigenvalue weighted by molar-refractivity contribution is -0.110. The third-order valence-electron chi connectivity index (χ3n) is 3.56. The molecule has 0 aromatic heterocycles. The van der Waals surface area contributed by atoms with Gasteiger partial charge in [-0.3, -0.25) is 4.79 Å². The molecule has 2 aromatic rings. The molecule has 0 saturated carbocycles. The van der Waals surface area contributed by atoms with Crippen molar-refractivity contribution in [3.05, 3.63) is 65.2 Å². The number of para-hydroxylation sites is 1. The van der Waals surface area contributed by atoms with Crippen LogP contribution in [0, 0.1) is 0 Å². The minimum Gasteiger partial charge on any atom is -0.324 e. The largest absolute Gasteiger partial charge is 0.324 e. The normalized spacial score (nSPS) is 15.7. The van der Waals surface area contributed by atoms with Crippen molar-refractivity contribution < 1.29 is 9.36 Å². The molecule has 1 aliphatic rings. The van der Waals surface area contributed by atoms with E-state index in [1.54, 1.807) is 13.3 Å². The molecule has 0 radical (unpaired) electrons. The van der Waals surface area contributed by atoms with Gasteiger partial charge in [-0.25, -0.2) is 0 Å². The summed E-state index contributed by atoms with van der Waals surface area (Å²) in [6.07, 6.45) is 2.50. The summed E-state index contributed by atoms with van der Waals surface area (Å²) in [5, 5.41) is 2.87. The third-order valence-corrected chi connectivity index (χ3v) is 4.69. The predicted molar refractivity (Wildman–Crippen MR) is 92.5 cm³/mol. The first-order valence-corrected chi connectivity index (χ1v) is 9.96. The Labute approximate surface area is 130 Å². The Morgan fingerprint density at radius 3 is 2.41 bits per heavy atom. The summed E-state index contributed by atoms with van der Waals surface area (Å²) >= 11 is 0. The van der Waals surface area contributed by atoms with E-state index in [-0.39, 0.29) is 5.91 Å². The predicted octanol–water partition coefficient (Wildman–Crippen LogP) is 4.30. The summed E-state index contributed by atoms with van der Waals surface area (Å²) < 4.78 is 11.9. The van der Waals surface area contributed by atoms with Gasteiger partial charge in [0.15, 0.2) is 0 Å². The molecule has 2 aromatic carbocycles. The molecule has 1 heterocycles. The summed E-state index contributed by atoms with van der Waals surface area (Å²) in [6, 6.07) is 15.6. The van der Waals surface area contributed by atoms with E-state index in [0.717, 1.165) is 22.4 Å². The van der Waals surface area contributed by atoms with E-state index >= 15 is 0 Å². The molecular formula is C18H18NO2P. The van der Waals surface area contributed by atoms with E-state index in [1.165, 1.54) is 0 Å². The van der Waals surface area contributed by atoms with Gasteiger partial charge in [0.25, 0.3) is 5.91 Å². The van der Waals surface area contributed by atoms with Crippen LogP contribution in [0.15, 0.2) is 48.5 Å². The van der Waals surface area contributed by atoms with Crippen molar-refractivity contribution in [3.63, 3.8) is 0 Å². The van der Waals surface area contributed by atoms with Gasteiger partial charge in [-0.1, -0.05) is 42.5 Å². The van der Waals surface area contributed by atoms with E-state index in [2.05, 4.69) is 5.32 Å². The van der Waals surface area contributed by atoms with Crippen molar-refractivity contribution in [3.8, 4) is 0 Å². The number of hydrogen-bond donors (Lipinski definition) is 1. The molecule has 1 N–H and O–H groups in total. The molecular weight excluding hydrogens is 293 g/mol. The highest BCUT2D eigenvalue weighted by Gasteiger charge is 2.23. The van der Waals surface area contributed by atoms with Gasteiger partial charge in [0.1, 0.15) is 0 Å². The van der Waals surface area contributed by atoms with Crippen LogP contribution in [0.4, 0.5) is 5.69 Å². The van der Waals surface area contributed by atoms with Crippen molar-refractivity contribution >= 4 is 30.4 Å². The Morgan fingerprint density at radius 2 is 1.73 bits per heavy atom. The molecule has 0 unspecified atom stereocenters. The van der Waals surface area contributed by atoms with Gasteiger partial charge >= 0.3 is 0 Å². The second kappa shape index (κ2) is 5.58. The van der Waals surface area contributed by atoms with Crippen LogP contribution in [0.2, 0.25) is 0 Å². The lowest BCUT2D eigenvalue weighted by atomic mass is 10.0. The zero-order valence-electron chi connectivity index (χ0n) is 12.7. The Balaban J connectivity index is 1.90. The second-order valence-corrected chi connectivity index (χ2v) is 9.50. The minimum atomic E-state index is -2.06. The fourth-order valence-electron chi connectivity index (χ4n) is 2.61. The molecule has 0 fully saturated rings. The number of rotatable bonds is 3. The summed E-state index contributed by atoms with van der Waals surface area (Å²) in [6.45, 7) is 3.59. The number of hydrogen-bond acceptors (Lipinski definition) is 2. The van der Waals surface area contributed by atoms with Gasteiger partial charge in [-0.2, -0.15) is 0 Å². The van der Waals surface area contributed by atoms with Crippen molar-refractivity contribution in [2.24, 2.45) is 0 Å². The van der Waals surface area contributed by atoms with Crippen LogP contribution in [-0.2, 0) is 15.5 Å². The van der Waals surface area contributed by atoms with Crippen LogP contribution in [-0.4, -0.2) is 19.2 Å². The number of nitrogens with one attached hydrogen (secondary N) is 1. The highest BCUT2D eigenvalue weighted by atomic mass is 31.2. The Kier molecular flexibility index (Phi) is 3.76. The SMILES string of the molecule is CP(C)(=O)Cc1ccc(/C=C2/C(=O)Nc3ccccc32)cc1. The second-order valence-electron chi connectivity index (χ2n) is 6.03. The van der Waals surface area contributed by atoms with E-state index in [9.17, 15) is 9.36 Å². The number of carbonyl (C=O) groups excluding carboxylic acids is 1. The first-order chi connectivity index (χ1) is 10.4. The molecule has 0 aliphatic carbocycles. The highest BCUT2D eigenvalue weighted by molar-refractivity contribution is 7.61. The number of carbonyl (C=O) groups is 1. The zero-order chi connectivity index (χ0) is 15.7. The molecule has 1 amide bonds. The van der Waals surface area contributed by atoms with Crippen molar-refractivity contribution in [2.75, 3.05) is 18.6 Å². The quantitative estimate of drug-likeness (QED) is 0.678. The Bertz CT molecular complexity index is 800. The number of amides is 1. The highest BCUT2D eigenvalue weighted by Crippen LogP contribution is 2.40. The standard InChI is InChI=1S/C18H18NO2P/c1-22(2,21)12-14-9-7-13(8-10-14)11-16-15-5-3-4-6-17(15)19-18(16)20/h3-11H,12H2,1-2H3,(H,19,20)/b16-11+. The van der Waals surface area contributed by atoms with Gasteiger partial charge in [-0.05, 0) is 36.6 Å². The average molecular weight is 311 g/mol. The van der Waals surface area contributed by atoms with Crippen LogP contribution in [0.1, 0.15) is 16.7 Å². The summed E-state index contributed by atoms with van der Waals surface area (Å²) in [4.78, 5) is 12.1. The van der Waals surface area contributed by atoms with Crippen molar-refractivity contribution in [1.82, 2.24) is 0 Å². The van der Waals surface area contributed by atoms with Gasteiger partial charge in [-0.15, -0.1) is 0 Å². The topological polar surface area (TPSA) is 46.2 Å². The van der Waals surface area contributed by atoms with Crippen LogP contribution < -0.4 is 5.32 Å². The molecule has 0 atom stereocenters. The van der Waals surface area contributed by atoms with E-state index in [4.69, 9.17) is 0 Å². The third kappa shape index (κ3) is 3.20. The van der Waals surface area contributed by atoms with Gasteiger partial charge in [0.05, 0.1) is 7.14 Å². The summed E-state index contributed by atoms with van der Waals surface area (Å²) in [5.41, 5.74) is 4.50. The van der Waals surface area contributed by atoms with Crippen LogP contribution in [0.5, 0.6) is 0 Å². The summed E-state index contributed by atoms with van der Waals surface area (Å²) in [7, 11) is -2.06. The van der Waals surface area contributed by atoms with E-state index < -0.39 is 7.14 Å². The molecule has 0 spiro atoms. The first-order valence-electron chi connectivity index (χ1n) is 7.18.